The highest BCUT2D eigenvalue weighted by molar-refractivity contribution is 5.88. The van der Waals surface area contributed by atoms with Crippen molar-refractivity contribution in [2.45, 2.75) is 51.0 Å². The molecule has 5 nitrogen and oxygen atoms in total. The molecule has 22 heavy (non-hydrogen) atoms. The standard InChI is InChI=1S/C17H22O5/c1-10(2)16(20)21-9-15(19)22-17-6-11-3-12(7-17)5-14(18)13(4-11)8-17/h11-13H,1,3-9H2,2H3. The summed E-state index contributed by atoms with van der Waals surface area (Å²) in [5.41, 5.74) is -0.264. The van der Waals surface area contributed by atoms with E-state index in [4.69, 9.17) is 9.47 Å². The smallest absolute Gasteiger partial charge is 0.344 e. The molecular formula is C17H22O5. The Labute approximate surface area is 130 Å². The predicted octanol–water partition coefficient (Wildman–Crippen LogP) is 2.19. The van der Waals surface area contributed by atoms with Crippen molar-refractivity contribution in [1.82, 2.24) is 0 Å². The SMILES string of the molecule is C=C(C)C(=O)OCC(=O)OC12CC3CC(=O)C(CC(C3)C1)C2. The second-order valence-electron chi connectivity index (χ2n) is 7.20. The number of Topliss-reactive ketones (excluding diaryl/α,β-unsaturated/α-hetero) is 1. The highest BCUT2D eigenvalue weighted by Crippen LogP contribution is 2.53. The lowest BCUT2D eigenvalue weighted by atomic mass is 9.65. The molecule has 0 aliphatic heterocycles. The van der Waals surface area contributed by atoms with Crippen LogP contribution in [0.5, 0.6) is 0 Å². The fourth-order valence-electron chi connectivity index (χ4n) is 4.55. The van der Waals surface area contributed by atoms with Crippen molar-refractivity contribution < 1.29 is 23.9 Å². The van der Waals surface area contributed by atoms with Gasteiger partial charge in [0.25, 0.3) is 0 Å². The van der Waals surface area contributed by atoms with Gasteiger partial charge in [0.1, 0.15) is 11.4 Å². The number of rotatable bonds is 4. The van der Waals surface area contributed by atoms with E-state index in [-0.39, 0.29) is 18.1 Å². The van der Waals surface area contributed by atoms with Crippen LogP contribution in [0.4, 0.5) is 0 Å². The Kier molecular flexibility index (Phi) is 3.83. The summed E-state index contributed by atoms with van der Waals surface area (Å²) in [4.78, 5) is 35.5. The summed E-state index contributed by atoms with van der Waals surface area (Å²) in [6.45, 7) is 4.61. The first-order valence-corrected chi connectivity index (χ1v) is 7.94. The second-order valence-corrected chi connectivity index (χ2v) is 7.20. The van der Waals surface area contributed by atoms with Gasteiger partial charge in [-0.15, -0.1) is 0 Å². The van der Waals surface area contributed by atoms with Gasteiger partial charge in [0.05, 0.1) is 0 Å². The molecule has 0 amide bonds. The maximum Gasteiger partial charge on any atom is 0.344 e. The molecule has 0 aromatic rings. The summed E-state index contributed by atoms with van der Waals surface area (Å²) < 4.78 is 10.6. The molecule has 0 aromatic heterocycles. The van der Waals surface area contributed by atoms with Gasteiger partial charge in [-0.2, -0.15) is 0 Å². The van der Waals surface area contributed by atoms with Gasteiger partial charge in [-0.1, -0.05) is 6.58 Å². The molecule has 4 bridgehead atoms. The summed E-state index contributed by atoms with van der Waals surface area (Å²) in [6.07, 6.45) is 4.90. The number of esters is 2. The molecule has 0 heterocycles. The largest absolute Gasteiger partial charge is 0.457 e. The van der Waals surface area contributed by atoms with Gasteiger partial charge in [-0.05, 0) is 50.9 Å². The van der Waals surface area contributed by atoms with Crippen LogP contribution in [0, 0.1) is 17.8 Å². The fourth-order valence-corrected chi connectivity index (χ4v) is 4.55. The number of hydrogen-bond acceptors (Lipinski definition) is 5. The lowest BCUT2D eigenvalue weighted by molar-refractivity contribution is -0.181. The van der Waals surface area contributed by atoms with Gasteiger partial charge in [0.2, 0.25) is 0 Å². The normalized spacial score (nSPS) is 35.9. The fraction of sp³-hybridized carbons (Fsp3) is 0.706. The molecule has 0 radical (unpaired) electrons. The number of ether oxygens (including phenoxy) is 2. The maximum atomic E-state index is 12.2. The third-order valence-corrected chi connectivity index (χ3v) is 5.17. The van der Waals surface area contributed by atoms with Crippen LogP contribution in [0.15, 0.2) is 12.2 Å². The van der Waals surface area contributed by atoms with Crippen molar-refractivity contribution in [3.05, 3.63) is 12.2 Å². The van der Waals surface area contributed by atoms with E-state index in [1.165, 1.54) is 6.92 Å². The minimum Gasteiger partial charge on any atom is -0.457 e. The third-order valence-electron chi connectivity index (χ3n) is 5.17. The highest BCUT2D eigenvalue weighted by Gasteiger charge is 2.53. The number of fused-ring (bicyclic) bond motifs is 1. The summed E-state index contributed by atoms with van der Waals surface area (Å²) >= 11 is 0. The van der Waals surface area contributed by atoms with Crippen LogP contribution in [0.25, 0.3) is 0 Å². The molecule has 120 valence electrons. The summed E-state index contributed by atoms with van der Waals surface area (Å²) in [5.74, 6) is 0.0777. The number of carbonyl (C=O) groups excluding carboxylic acids is 3. The molecule has 5 heteroatoms. The zero-order valence-electron chi connectivity index (χ0n) is 12.9. The molecule has 4 atom stereocenters. The van der Waals surface area contributed by atoms with E-state index in [1.54, 1.807) is 0 Å². The van der Waals surface area contributed by atoms with E-state index in [1.807, 2.05) is 0 Å². The Morgan fingerprint density at radius 2 is 1.95 bits per heavy atom. The molecule has 4 saturated carbocycles. The Bertz CT molecular complexity index is 537. The van der Waals surface area contributed by atoms with E-state index in [2.05, 4.69) is 6.58 Å². The highest BCUT2D eigenvalue weighted by atomic mass is 16.6. The third kappa shape index (κ3) is 2.94. The molecule has 4 fully saturated rings. The second kappa shape index (κ2) is 5.52. The summed E-state index contributed by atoms with van der Waals surface area (Å²) in [6, 6.07) is 0. The Morgan fingerprint density at radius 1 is 1.23 bits per heavy atom. The maximum absolute atomic E-state index is 12.2. The van der Waals surface area contributed by atoms with E-state index < -0.39 is 17.5 Å². The summed E-state index contributed by atoms with van der Waals surface area (Å²) in [7, 11) is 0. The first kappa shape index (κ1) is 15.3. The summed E-state index contributed by atoms with van der Waals surface area (Å²) in [5, 5.41) is 0. The molecule has 4 aliphatic rings. The lowest BCUT2D eigenvalue weighted by Crippen LogP contribution is -2.47. The van der Waals surface area contributed by atoms with Crippen LogP contribution < -0.4 is 0 Å². The first-order chi connectivity index (χ1) is 10.4. The molecule has 4 unspecified atom stereocenters. The van der Waals surface area contributed by atoms with Crippen molar-refractivity contribution in [1.29, 1.82) is 0 Å². The topological polar surface area (TPSA) is 69.7 Å². The van der Waals surface area contributed by atoms with Gasteiger partial charge in [-0.3, -0.25) is 4.79 Å². The van der Waals surface area contributed by atoms with Crippen LogP contribution in [-0.2, 0) is 23.9 Å². The van der Waals surface area contributed by atoms with Crippen molar-refractivity contribution in [3.8, 4) is 0 Å². The van der Waals surface area contributed by atoms with Crippen molar-refractivity contribution in [3.63, 3.8) is 0 Å². The average Bonchev–Trinajstić information content (AvgIpc) is 2.58. The lowest BCUT2D eigenvalue weighted by Gasteiger charge is -2.46. The molecule has 0 N–H and O–H groups in total. The monoisotopic (exact) mass is 306 g/mol. The molecular weight excluding hydrogens is 284 g/mol. The van der Waals surface area contributed by atoms with Crippen molar-refractivity contribution >= 4 is 17.7 Å². The van der Waals surface area contributed by atoms with Crippen LogP contribution in [0.3, 0.4) is 0 Å². The van der Waals surface area contributed by atoms with E-state index in [0.29, 0.717) is 30.5 Å². The minimum absolute atomic E-state index is 0.0389. The number of hydrogen-bond donors (Lipinski definition) is 0. The van der Waals surface area contributed by atoms with Crippen LogP contribution in [-0.4, -0.2) is 29.9 Å². The molecule has 0 spiro atoms. The van der Waals surface area contributed by atoms with Gasteiger partial charge >= 0.3 is 11.9 Å². The molecule has 0 saturated heterocycles. The number of ketones is 1. The van der Waals surface area contributed by atoms with Crippen molar-refractivity contribution in [2.75, 3.05) is 6.61 Å². The predicted molar refractivity (Wildman–Crippen MR) is 77.8 cm³/mol. The van der Waals surface area contributed by atoms with Gasteiger partial charge in [-0.25, -0.2) is 9.59 Å². The molecule has 4 aliphatic carbocycles. The molecule has 0 aromatic carbocycles. The first-order valence-electron chi connectivity index (χ1n) is 7.94. The van der Waals surface area contributed by atoms with Gasteiger partial charge in [0, 0.05) is 17.9 Å². The van der Waals surface area contributed by atoms with Gasteiger partial charge in [0.15, 0.2) is 6.61 Å². The van der Waals surface area contributed by atoms with E-state index in [0.717, 1.165) is 25.7 Å². The van der Waals surface area contributed by atoms with Crippen LogP contribution in [0.2, 0.25) is 0 Å². The van der Waals surface area contributed by atoms with Crippen molar-refractivity contribution in [2.24, 2.45) is 17.8 Å². The number of carbonyl (C=O) groups is 3. The molecule has 4 rings (SSSR count). The van der Waals surface area contributed by atoms with Crippen LogP contribution >= 0.6 is 0 Å². The Morgan fingerprint density at radius 3 is 2.68 bits per heavy atom. The zero-order chi connectivity index (χ0) is 15.9. The van der Waals surface area contributed by atoms with E-state index >= 15 is 0 Å². The quantitative estimate of drug-likeness (QED) is 0.588. The minimum atomic E-state index is -0.588. The Balaban J connectivity index is 1.64. The van der Waals surface area contributed by atoms with Crippen LogP contribution in [0.1, 0.15) is 45.4 Å². The van der Waals surface area contributed by atoms with E-state index in [9.17, 15) is 14.4 Å². The zero-order valence-corrected chi connectivity index (χ0v) is 12.9. The van der Waals surface area contributed by atoms with Gasteiger partial charge < -0.3 is 9.47 Å². The Hall–Kier alpha value is -1.65. The average molecular weight is 306 g/mol.